The molecule has 0 aliphatic heterocycles. The van der Waals surface area contributed by atoms with Crippen LogP contribution in [-0.2, 0) is 0 Å². The Labute approximate surface area is 96.6 Å². The maximum absolute atomic E-state index is 5.25. The molecule has 2 aromatic heterocycles. The number of hydrogen-bond donors (Lipinski definition) is 1. The van der Waals surface area contributed by atoms with Gasteiger partial charge in [-0.25, -0.2) is 10.1 Å². The van der Waals surface area contributed by atoms with Crippen molar-refractivity contribution in [2.24, 2.45) is 0 Å². The topological polar surface area (TPSA) is 76.6 Å². The highest BCUT2D eigenvalue weighted by Crippen LogP contribution is 2.28. The van der Waals surface area contributed by atoms with E-state index in [1.54, 1.807) is 7.11 Å². The lowest BCUT2D eigenvalue weighted by molar-refractivity contribution is 0.401. The van der Waals surface area contributed by atoms with Crippen LogP contribution < -0.4 is 4.74 Å². The second-order valence-corrected chi connectivity index (χ2v) is 3.49. The molecule has 1 N–H and O–H groups in total. The van der Waals surface area contributed by atoms with Crippen LogP contribution in [0.2, 0.25) is 0 Å². The normalized spacial score (nSPS) is 10.6. The third-order valence-corrected chi connectivity index (χ3v) is 2.48. The molecule has 0 amide bonds. The lowest BCUT2D eigenvalue weighted by Crippen LogP contribution is -1.94. The van der Waals surface area contributed by atoms with E-state index in [4.69, 9.17) is 4.74 Å². The summed E-state index contributed by atoms with van der Waals surface area (Å²) in [6.07, 6.45) is 0. The van der Waals surface area contributed by atoms with Gasteiger partial charge in [0.1, 0.15) is 0 Å². The first-order valence-electron chi connectivity index (χ1n) is 5.06. The first-order valence-corrected chi connectivity index (χ1v) is 5.06. The van der Waals surface area contributed by atoms with Gasteiger partial charge in [-0.2, -0.15) is 0 Å². The molecule has 0 atom stereocenters. The average Bonchev–Trinajstić information content (AvgIpc) is 2.91. The predicted molar refractivity (Wildman–Crippen MR) is 61.5 cm³/mol. The van der Waals surface area contributed by atoms with Crippen molar-refractivity contribution in [1.82, 2.24) is 25.6 Å². The van der Waals surface area contributed by atoms with E-state index in [2.05, 4.69) is 25.6 Å². The summed E-state index contributed by atoms with van der Waals surface area (Å²) in [4.78, 5) is 4.41. The molecule has 0 spiro atoms. The zero-order valence-electron chi connectivity index (χ0n) is 9.08. The number of benzene rings is 1. The summed E-state index contributed by atoms with van der Waals surface area (Å²) in [5, 5.41) is 14.7. The van der Waals surface area contributed by atoms with E-state index in [1.807, 2.05) is 30.3 Å². The molecule has 6 nitrogen and oxygen atoms in total. The van der Waals surface area contributed by atoms with Gasteiger partial charge in [-0.05, 0) is 22.6 Å². The van der Waals surface area contributed by atoms with E-state index in [9.17, 15) is 0 Å². The third-order valence-electron chi connectivity index (χ3n) is 2.48. The number of para-hydroxylation sites is 1. The van der Waals surface area contributed by atoms with Gasteiger partial charge in [0.15, 0.2) is 5.82 Å². The van der Waals surface area contributed by atoms with E-state index >= 15 is 0 Å². The summed E-state index contributed by atoms with van der Waals surface area (Å²) in [6, 6.07) is 9.75. The standard InChI is InChI=1S/C11H9N5O/c1-17-11-8(10-13-15-16-14-10)6-7-4-2-3-5-9(7)12-11/h2-6H,1H3,(H,13,14,15,16). The summed E-state index contributed by atoms with van der Waals surface area (Å²) in [7, 11) is 1.57. The Kier molecular flexibility index (Phi) is 2.18. The highest BCUT2D eigenvalue weighted by Gasteiger charge is 2.12. The summed E-state index contributed by atoms with van der Waals surface area (Å²) in [5.74, 6) is 1.04. The molecule has 3 rings (SSSR count). The van der Waals surface area contributed by atoms with Crippen LogP contribution >= 0.6 is 0 Å². The number of nitrogens with zero attached hydrogens (tertiary/aromatic N) is 4. The maximum atomic E-state index is 5.25. The quantitative estimate of drug-likeness (QED) is 0.716. The fraction of sp³-hybridized carbons (Fsp3) is 0.0909. The van der Waals surface area contributed by atoms with E-state index in [1.165, 1.54) is 0 Å². The van der Waals surface area contributed by atoms with Gasteiger partial charge in [0.25, 0.3) is 0 Å². The van der Waals surface area contributed by atoms with Crippen molar-refractivity contribution in [2.45, 2.75) is 0 Å². The predicted octanol–water partition coefficient (Wildman–Crippen LogP) is 1.42. The zero-order valence-corrected chi connectivity index (χ0v) is 9.08. The van der Waals surface area contributed by atoms with Crippen LogP contribution in [0.4, 0.5) is 0 Å². The molecule has 0 saturated heterocycles. The number of tetrazole rings is 1. The van der Waals surface area contributed by atoms with E-state index in [0.717, 1.165) is 16.5 Å². The van der Waals surface area contributed by atoms with Gasteiger partial charge in [-0.15, -0.1) is 5.10 Å². The van der Waals surface area contributed by atoms with Gasteiger partial charge >= 0.3 is 0 Å². The second-order valence-electron chi connectivity index (χ2n) is 3.49. The van der Waals surface area contributed by atoms with E-state index in [0.29, 0.717) is 11.7 Å². The highest BCUT2D eigenvalue weighted by atomic mass is 16.5. The molecule has 17 heavy (non-hydrogen) atoms. The molecular formula is C11H9N5O. The number of nitrogens with one attached hydrogen (secondary N) is 1. The number of aromatic amines is 1. The molecule has 84 valence electrons. The van der Waals surface area contributed by atoms with Crippen LogP contribution in [0.3, 0.4) is 0 Å². The largest absolute Gasteiger partial charge is 0.480 e. The molecule has 6 heteroatoms. The molecular weight excluding hydrogens is 218 g/mol. The molecule has 0 saturated carbocycles. The number of ether oxygens (including phenoxy) is 1. The molecule has 0 fully saturated rings. The number of rotatable bonds is 2. The van der Waals surface area contributed by atoms with E-state index in [-0.39, 0.29) is 0 Å². The Morgan fingerprint density at radius 2 is 2.12 bits per heavy atom. The number of pyridine rings is 1. The molecule has 0 aliphatic rings. The maximum Gasteiger partial charge on any atom is 0.224 e. The molecule has 0 radical (unpaired) electrons. The number of H-pyrrole nitrogens is 1. The van der Waals surface area contributed by atoms with Gasteiger partial charge in [0.2, 0.25) is 5.88 Å². The Bertz CT molecular complexity index is 650. The van der Waals surface area contributed by atoms with Gasteiger partial charge in [-0.1, -0.05) is 18.2 Å². The van der Waals surface area contributed by atoms with Crippen molar-refractivity contribution in [2.75, 3.05) is 7.11 Å². The zero-order chi connectivity index (χ0) is 11.7. The summed E-state index contributed by atoms with van der Waals surface area (Å²) in [6.45, 7) is 0. The van der Waals surface area contributed by atoms with Gasteiger partial charge in [-0.3, -0.25) is 0 Å². The highest BCUT2D eigenvalue weighted by molar-refractivity contribution is 5.84. The van der Waals surface area contributed by atoms with Crippen molar-refractivity contribution in [3.8, 4) is 17.3 Å². The van der Waals surface area contributed by atoms with Crippen LogP contribution in [0, 0.1) is 0 Å². The minimum absolute atomic E-state index is 0.502. The lowest BCUT2D eigenvalue weighted by atomic mass is 10.1. The Morgan fingerprint density at radius 3 is 2.88 bits per heavy atom. The Morgan fingerprint density at radius 1 is 1.24 bits per heavy atom. The minimum atomic E-state index is 0.502. The first-order chi connectivity index (χ1) is 8.38. The van der Waals surface area contributed by atoms with Crippen LogP contribution in [0.25, 0.3) is 22.3 Å². The van der Waals surface area contributed by atoms with Gasteiger partial charge in [0, 0.05) is 5.39 Å². The van der Waals surface area contributed by atoms with Crippen molar-refractivity contribution in [3.05, 3.63) is 30.3 Å². The smallest absolute Gasteiger partial charge is 0.224 e. The molecule has 2 heterocycles. The number of hydrogen-bond acceptors (Lipinski definition) is 5. The van der Waals surface area contributed by atoms with E-state index < -0.39 is 0 Å². The van der Waals surface area contributed by atoms with Crippen molar-refractivity contribution >= 4 is 10.9 Å². The minimum Gasteiger partial charge on any atom is -0.480 e. The monoisotopic (exact) mass is 227 g/mol. The van der Waals surface area contributed by atoms with Crippen molar-refractivity contribution in [1.29, 1.82) is 0 Å². The second kappa shape index (κ2) is 3.82. The summed E-state index contributed by atoms with van der Waals surface area (Å²) < 4.78 is 5.25. The fourth-order valence-electron chi connectivity index (χ4n) is 1.70. The Balaban J connectivity index is 2.29. The van der Waals surface area contributed by atoms with Crippen LogP contribution in [0.5, 0.6) is 5.88 Å². The van der Waals surface area contributed by atoms with Crippen molar-refractivity contribution < 1.29 is 4.74 Å². The fourth-order valence-corrected chi connectivity index (χ4v) is 1.70. The molecule has 0 bridgehead atoms. The van der Waals surface area contributed by atoms with Crippen LogP contribution in [0.15, 0.2) is 30.3 Å². The number of fused-ring (bicyclic) bond motifs is 1. The molecule has 0 aliphatic carbocycles. The number of methoxy groups -OCH3 is 1. The van der Waals surface area contributed by atoms with Crippen molar-refractivity contribution in [3.63, 3.8) is 0 Å². The third kappa shape index (κ3) is 1.59. The average molecular weight is 227 g/mol. The van der Waals surface area contributed by atoms with Crippen LogP contribution in [-0.4, -0.2) is 32.7 Å². The summed E-state index contributed by atoms with van der Waals surface area (Å²) in [5.41, 5.74) is 1.62. The Hall–Kier alpha value is -2.50. The molecule has 0 unspecified atom stereocenters. The van der Waals surface area contributed by atoms with Gasteiger partial charge < -0.3 is 4.74 Å². The lowest BCUT2D eigenvalue weighted by Gasteiger charge is -2.06. The van der Waals surface area contributed by atoms with Gasteiger partial charge in [0.05, 0.1) is 18.2 Å². The SMILES string of the molecule is COc1nc2ccccc2cc1-c1nnn[nH]1. The molecule has 1 aromatic carbocycles. The number of aromatic nitrogens is 5. The first kappa shape index (κ1) is 9.71. The van der Waals surface area contributed by atoms with Crippen LogP contribution in [0.1, 0.15) is 0 Å². The summed E-state index contributed by atoms with van der Waals surface area (Å²) >= 11 is 0. The molecule has 3 aromatic rings.